The first kappa shape index (κ1) is 22.6. The fourth-order valence-electron chi connectivity index (χ4n) is 4.95. The summed E-state index contributed by atoms with van der Waals surface area (Å²) in [5.74, 6) is -0.145. The van der Waals surface area contributed by atoms with Crippen LogP contribution in [0.5, 0.6) is 5.75 Å². The summed E-state index contributed by atoms with van der Waals surface area (Å²) in [5, 5.41) is 4.40. The molecule has 1 fully saturated rings. The first-order chi connectivity index (χ1) is 16.9. The minimum Gasteiger partial charge on any atom is -0.497 e. The van der Waals surface area contributed by atoms with Crippen LogP contribution in [0.3, 0.4) is 0 Å². The highest BCUT2D eigenvalue weighted by Crippen LogP contribution is 2.32. The van der Waals surface area contributed by atoms with Gasteiger partial charge in [-0.25, -0.2) is 4.68 Å². The molecule has 3 amide bonds. The number of aromatic nitrogens is 2. The summed E-state index contributed by atoms with van der Waals surface area (Å²) < 4.78 is 6.70. The Morgan fingerprint density at radius 2 is 1.66 bits per heavy atom. The minimum absolute atomic E-state index is 0.108. The van der Waals surface area contributed by atoms with Crippen LogP contribution in [0.4, 0.5) is 11.4 Å². The predicted octanol–water partition coefficient (Wildman–Crippen LogP) is 3.09. The lowest BCUT2D eigenvalue weighted by molar-refractivity contribution is -0.120. The number of nitrogens with two attached hydrogens (primary N) is 1. The zero-order chi connectivity index (χ0) is 24.7. The normalized spacial score (nSPS) is 17.9. The molecular weight excluding hydrogens is 446 g/mol. The number of benzene rings is 2. The van der Waals surface area contributed by atoms with E-state index in [4.69, 9.17) is 10.5 Å². The van der Waals surface area contributed by atoms with Crippen molar-refractivity contribution in [1.82, 2.24) is 9.78 Å². The molecule has 0 bridgehead atoms. The zero-order valence-electron chi connectivity index (χ0n) is 19.7. The zero-order valence-corrected chi connectivity index (χ0v) is 19.7. The van der Waals surface area contributed by atoms with E-state index in [-0.39, 0.29) is 23.6 Å². The average molecular weight is 474 g/mol. The second-order valence-electron chi connectivity index (χ2n) is 8.88. The molecule has 1 atom stereocenters. The van der Waals surface area contributed by atoms with Crippen molar-refractivity contribution in [3.8, 4) is 11.4 Å². The van der Waals surface area contributed by atoms with Crippen LogP contribution in [0, 0.1) is 0 Å². The standard InChI is InChI=1S/C26H27N5O4/c1-16-4-3-5-22(32)30(16)18-8-6-17(7-9-18)29-15-14-21-23(25(27)33)28-31(24(21)26(29)34)19-10-12-20(35-2)13-11-19/h6-13,16H,3-5,14-15H2,1-2H3,(H2,27,33). The molecule has 0 radical (unpaired) electrons. The van der Waals surface area contributed by atoms with Gasteiger partial charge in [-0.1, -0.05) is 0 Å². The maximum Gasteiger partial charge on any atom is 0.277 e. The van der Waals surface area contributed by atoms with E-state index in [2.05, 4.69) is 12.0 Å². The van der Waals surface area contributed by atoms with Gasteiger partial charge in [-0.15, -0.1) is 0 Å². The van der Waals surface area contributed by atoms with E-state index in [9.17, 15) is 14.4 Å². The Balaban J connectivity index is 1.49. The largest absolute Gasteiger partial charge is 0.497 e. The third-order valence-corrected chi connectivity index (χ3v) is 6.73. The molecule has 35 heavy (non-hydrogen) atoms. The van der Waals surface area contributed by atoms with E-state index in [1.165, 1.54) is 4.68 Å². The molecule has 0 spiro atoms. The van der Waals surface area contributed by atoms with Gasteiger partial charge in [0.1, 0.15) is 11.4 Å². The SMILES string of the molecule is COc1ccc(-n2nc(C(N)=O)c3c2C(=O)N(c2ccc(N4C(=O)CCCC4C)cc2)CC3)cc1. The van der Waals surface area contributed by atoms with Crippen molar-refractivity contribution in [2.75, 3.05) is 23.5 Å². The van der Waals surface area contributed by atoms with Crippen LogP contribution in [-0.4, -0.2) is 47.2 Å². The van der Waals surface area contributed by atoms with Crippen LogP contribution < -0.4 is 20.3 Å². The van der Waals surface area contributed by atoms with Gasteiger partial charge in [-0.05, 0) is 74.7 Å². The van der Waals surface area contributed by atoms with E-state index < -0.39 is 5.91 Å². The van der Waals surface area contributed by atoms with Crippen LogP contribution in [0.25, 0.3) is 5.69 Å². The molecule has 5 rings (SSSR count). The molecule has 9 heteroatoms. The molecule has 2 aromatic carbocycles. The lowest BCUT2D eigenvalue weighted by atomic mass is 10.0. The topological polar surface area (TPSA) is 111 Å². The number of rotatable bonds is 5. The van der Waals surface area contributed by atoms with E-state index in [1.54, 1.807) is 36.3 Å². The molecular formula is C26H27N5O4. The number of amides is 3. The summed E-state index contributed by atoms with van der Waals surface area (Å²) in [5.41, 5.74) is 8.73. The van der Waals surface area contributed by atoms with Crippen LogP contribution in [0.1, 0.15) is 52.7 Å². The van der Waals surface area contributed by atoms with Gasteiger partial charge < -0.3 is 20.3 Å². The second-order valence-corrected chi connectivity index (χ2v) is 8.88. The minimum atomic E-state index is -0.667. The Morgan fingerprint density at radius 1 is 1.00 bits per heavy atom. The Bertz CT molecular complexity index is 1300. The molecule has 0 saturated carbocycles. The monoisotopic (exact) mass is 473 g/mol. The van der Waals surface area contributed by atoms with Crippen molar-refractivity contribution >= 4 is 29.1 Å². The number of carbonyl (C=O) groups is 3. The van der Waals surface area contributed by atoms with Gasteiger partial charge in [-0.3, -0.25) is 14.4 Å². The van der Waals surface area contributed by atoms with Crippen molar-refractivity contribution in [3.63, 3.8) is 0 Å². The molecule has 1 saturated heterocycles. The quantitative estimate of drug-likeness (QED) is 0.612. The number of hydrogen-bond acceptors (Lipinski definition) is 5. The smallest absolute Gasteiger partial charge is 0.277 e. The van der Waals surface area contributed by atoms with Crippen molar-refractivity contribution in [2.24, 2.45) is 5.73 Å². The fourth-order valence-corrected chi connectivity index (χ4v) is 4.95. The summed E-state index contributed by atoms with van der Waals surface area (Å²) in [6.07, 6.45) is 2.88. The van der Waals surface area contributed by atoms with Crippen LogP contribution in [-0.2, 0) is 11.2 Å². The van der Waals surface area contributed by atoms with E-state index >= 15 is 0 Å². The number of ether oxygens (including phenoxy) is 1. The highest BCUT2D eigenvalue weighted by molar-refractivity contribution is 6.09. The van der Waals surface area contributed by atoms with Gasteiger partial charge in [0, 0.05) is 35.9 Å². The molecule has 1 aromatic heterocycles. The van der Waals surface area contributed by atoms with E-state index in [0.717, 1.165) is 18.5 Å². The fraction of sp³-hybridized carbons (Fsp3) is 0.308. The third kappa shape index (κ3) is 3.92. The molecule has 2 aliphatic rings. The Morgan fingerprint density at radius 3 is 2.29 bits per heavy atom. The summed E-state index contributed by atoms with van der Waals surface area (Å²) >= 11 is 0. The maximum absolute atomic E-state index is 13.7. The molecule has 3 heterocycles. The first-order valence-electron chi connectivity index (χ1n) is 11.7. The lowest BCUT2D eigenvalue weighted by Gasteiger charge is -2.34. The van der Waals surface area contributed by atoms with Crippen LogP contribution in [0.2, 0.25) is 0 Å². The average Bonchev–Trinajstić information content (AvgIpc) is 3.26. The molecule has 180 valence electrons. The molecule has 0 aliphatic carbocycles. The Kier molecular flexibility index (Phi) is 5.76. The van der Waals surface area contributed by atoms with Gasteiger partial charge >= 0.3 is 0 Å². The lowest BCUT2D eigenvalue weighted by Crippen LogP contribution is -2.42. The van der Waals surface area contributed by atoms with Crippen molar-refractivity contribution in [3.05, 3.63) is 65.5 Å². The molecule has 2 N–H and O–H groups in total. The Hall–Kier alpha value is -4.14. The van der Waals surface area contributed by atoms with Gasteiger partial charge in [-0.2, -0.15) is 5.10 Å². The number of fused-ring (bicyclic) bond motifs is 1. The maximum atomic E-state index is 13.7. The number of piperidine rings is 1. The Labute approximate surface area is 203 Å². The summed E-state index contributed by atoms with van der Waals surface area (Å²) in [4.78, 5) is 41.7. The molecule has 2 aliphatic heterocycles. The highest BCUT2D eigenvalue weighted by atomic mass is 16.5. The molecule has 3 aromatic rings. The van der Waals surface area contributed by atoms with Crippen molar-refractivity contribution < 1.29 is 19.1 Å². The van der Waals surface area contributed by atoms with Gasteiger partial charge in [0.2, 0.25) is 5.91 Å². The number of carbonyl (C=O) groups excluding carboxylic acids is 3. The van der Waals surface area contributed by atoms with Gasteiger partial charge in [0.25, 0.3) is 11.8 Å². The first-order valence-corrected chi connectivity index (χ1v) is 11.7. The summed E-state index contributed by atoms with van der Waals surface area (Å²) in [6.45, 7) is 2.44. The van der Waals surface area contributed by atoms with Crippen molar-refractivity contribution in [1.29, 1.82) is 0 Å². The van der Waals surface area contributed by atoms with E-state index in [1.807, 2.05) is 29.2 Å². The van der Waals surface area contributed by atoms with E-state index in [0.29, 0.717) is 47.8 Å². The van der Waals surface area contributed by atoms with Crippen LogP contribution >= 0.6 is 0 Å². The molecule has 1 unspecified atom stereocenters. The van der Waals surface area contributed by atoms with Gasteiger partial charge in [0.15, 0.2) is 5.69 Å². The van der Waals surface area contributed by atoms with Crippen molar-refractivity contribution in [2.45, 2.75) is 38.6 Å². The number of nitrogens with zero attached hydrogens (tertiary/aromatic N) is 4. The molecule has 9 nitrogen and oxygen atoms in total. The summed E-state index contributed by atoms with van der Waals surface area (Å²) in [6, 6.07) is 14.7. The van der Waals surface area contributed by atoms with Gasteiger partial charge in [0.05, 0.1) is 12.8 Å². The highest BCUT2D eigenvalue weighted by Gasteiger charge is 2.35. The number of anilines is 2. The second kappa shape index (κ2) is 8.90. The van der Waals surface area contributed by atoms with Crippen LogP contribution in [0.15, 0.2) is 48.5 Å². The number of methoxy groups -OCH3 is 1. The third-order valence-electron chi connectivity index (χ3n) is 6.73. The number of hydrogen-bond donors (Lipinski definition) is 1. The predicted molar refractivity (Wildman–Crippen MR) is 131 cm³/mol. The number of primary amides is 1. The summed E-state index contributed by atoms with van der Waals surface area (Å²) in [7, 11) is 1.57.